The largest absolute Gasteiger partial charge is 0.497 e. The number of aromatic nitrogens is 2. The summed E-state index contributed by atoms with van der Waals surface area (Å²) in [7, 11) is 1.62. The third kappa shape index (κ3) is 4.02. The molecule has 0 aliphatic rings. The minimum absolute atomic E-state index is 0.370. The van der Waals surface area contributed by atoms with Crippen LogP contribution in [0.1, 0.15) is 5.56 Å². The first-order valence-corrected chi connectivity index (χ1v) is 9.38. The molecule has 0 saturated carbocycles. The van der Waals surface area contributed by atoms with Crippen molar-refractivity contribution >= 4 is 34.8 Å². The molecule has 6 nitrogen and oxygen atoms in total. The number of carbonyl (C=O) groups is 1. The number of nitrogens with zero attached hydrogens (tertiary/aromatic N) is 2. The zero-order chi connectivity index (χ0) is 20.4. The van der Waals surface area contributed by atoms with E-state index in [0.29, 0.717) is 22.2 Å². The Morgan fingerprint density at radius 3 is 2.41 bits per heavy atom. The Balaban J connectivity index is 1.71. The zero-order valence-electron chi connectivity index (χ0n) is 15.9. The molecule has 0 aliphatic heterocycles. The number of aryl methyl sites for hydroxylation is 1. The second kappa shape index (κ2) is 7.85. The van der Waals surface area contributed by atoms with Crippen molar-refractivity contribution in [2.24, 2.45) is 0 Å². The molecule has 0 unspecified atom stereocenters. The molecule has 4 rings (SSSR count). The third-order valence-corrected chi connectivity index (χ3v) is 4.72. The highest BCUT2D eigenvalue weighted by atomic mass is 35.5. The molecule has 0 spiro atoms. The van der Waals surface area contributed by atoms with Crippen LogP contribution in [0.15, 0.2) is 66.9 Å². The number of urea groups is 1. The minimum Gasteiger partial charge on any atom is -0.497 e. The van der Waals surface area contributed by atoms with Crippen LogP contribution in [-0.2, 0) is 0 Å². The van der Waals surface area contributed by atoms with E-state index in [1.165, 1.54) is 0 Å². The first kappa shape index (κ1) is 18.8. The molecule has 0 radical (unpaired) electrons. The molecule has 0 fully saturated rings. The number of halogens is 1. The van der Waals surface area contributed by atoms with E-state index in [-0.39, 0.29) is 6.03 Å². The van der Waals surface area contributed by atoms with Gasteiger partial charge in [0.1, 0.15) is 22.9 Å². The molecule has 0 aliphatic carbocycles. The molecule has 2 aromatic carbocycles. The molecule has 2 N–H and O–H groups in total. The first-order chi connectivity index (χ1) is 14.0. The Morgan fingerprint density at radius 2 is 1.72 bits per heavy atom. The lowest BCUT2D eigenvalue weighted by Crippen LogP contribution is -2.20. The predicted octanol–water partition coefficient (Wildman–Crippen LogP) is 5.62. The Labute approximate surface area is 173 Å². The molecular weight excluding hydrogens is 388 g/mol. The van der Waals surface area contributed by atoms with Crippen LogP contribution in [0.4, 0.5) is 16.3 Å². The molecule has 29 heavy (non-hydrogen) atoms. The van der Waals surface area contributed by atoms with Crippen molar-refractivity contribution in [1.29, 1.82) is 0 Å². The van der Waals surface area contributed by atoms with Gasteiger partial charge in [-0.2, -0.15) is 0 Å². The third-order valence-electron chi connectivity index (χ3n) is 4.46. The van der Waals surface area contributed by atoms with Gasteiger partial charge in [-0.25, -0.2) is 9.78 Å². The number of hydrogen-bond acceptors (Lipinski definition) is 3. The molecule has 7 heteroatoms. The maximum atomic E-state index is 12.7. The molecule has 4 aromatic rings. The van der Waals surface area contributed by atoms with Gasteiger partial charge >= 0.3 is 6.03 Å². The second-order valence-electron chi connectivity index (χ2n) is 6.56. The summed E-state index contributed by atoms with van der Waals surface area (Å²) in [6.45, 7) is 1.99. The maximum Gasteiger partial charge on any atom is 0.324 e. The number of pyridine rings is 1. The summed E-state index contributed by atoms with van der Waals surface area (Å²) >= 11 is 5.90. The summed E-state index contributed by atoms with van der Waals surface area (Å²) in [6.07, 6.45) is 1.94. The standard InChI is InChI=1S/C22H19ClN4O2/c1-14-3-12-19-25-20(15-4-10-18(29-2)11-5-15)21(27(19)13-14)26-22(28)24-17-8-6-16(23)7-9-17/h3-13H,1-2H3,(H2,24,26,28). The fraction of sp³-hybridized carbons (Fsp3) is 0.0909. The Kier molecular flexibility index (Phi) is 5.10. The van der Waals surface area contributed by atoms with Crippen molar-refractivity contribution in [3.8, 4) is 17.0 Å². The van der Waals surface area contributed by atoms with E-state index in [1.54, 1.807) is 31.4 Å². The van der Waals surface area contributed by atoms with Crippen LogP contribution in [0.5, 0.6) is 5.75 Å². The Hall–Kier alpha value is -3.51. The van der Waals surface area contributed by atoms with Crippen molar-refractivity contribution in [2.45, 2.75) is 6.92 Å². The highest BCUT2D eigenvalue weighted by Gasteiger charge is 2.17. The van der Waals surface area contributed by atoms with Crippen LogP contribution in [0.25, 0.3) is 16.9 Å². The van der Waals surface area contributed by atoms with Crippen LogP contribution in [-0.4, -0.2) is 22.5 Å². The van der Waals surface area contributed by atoms with E-state index in [4.69, 9.17) is 21.3 Å². The van der Waals surface area contributed by atoms with Crippen molar-refractivity contribution < 1.29 is 9.53 Å². The van der Waals surface area contributed by atoms with Crippen LogP contribution >= 0.6 is 11.6 Å². The molecule has 2 amide bonds. The number of rotatable bonds is 4. The smallest absolute Gasteiger partial charge is 0.324 e. The highest BCUT2D eigenvalue weighted by molar-refractivity contribution is 6.30. The average molecular weight is 407 g/mol. The van der Waals surface area contributed by atoms with Gasteiger partial charge in [0.15, 0.2) is 0 Å². The number of methoxy groups -OCH3 is 1. The summed E-state index contributed by atoms with van der Waals surface area (Å²) < 4.78 is 7.11. The van der Waals surface area contributed by atoms with E-state index < -0.39 is 0 Å². The normalized spacial score (nSPS) is 10.7. The van der Waals surface area contributed by atoms with Crippen molar-refractivity contribution in [3.05, 3.63) is 77.4 Å². The van der Waals surface area contributed by atoms with Crippen LogP contribution < -0.4 is 15.4 Å². The van der Waals surface area contributed by atoms with Gasteiger partial charge in [-0.3, -0.25) is 9.72 Å². The SMILES string of the molecule is COc1ccc(-c2nc3ccc(C)cn3c2NC(=O)Nc2ccc(Cl)cc2)cc1. The summed E-state index contributed by atoms with van der Waals surface area (Å²) in [5.74, 6) is 1.34. The number of imidazole rings is 1. The van der Waals surface area contributed by atoms with Gasteiger partial charge in [-0.1, -0.05) is 17.7 Å². The number of carbonyl (C=O) groups excluding carboxylic acids is 1. The topological polar surface area (TPSA) is 67.7 Å². The van der Waals surface area contributed by atoms with Gasteiger partial charge in [0.25, 0.3) is 0 Å². The van der Waals surface area contributed by atoms with Crippen molar-refractivity contribution in [2.75, 3.05) is 17.7 Å². The second-order valence-corrected chi connectivity index (χ2v) is 6.99. The van der Waals surface area contributed by atoms with E-state index in [9.17, 15) is 4.79 Å². The van der Waals surface area contributed by atoms with Gasteiger partial charge in [0, 0.05) is 22.5 Å². The van der Waals surface area contributed by atoms with Crippen molar-refractivity contribution in [3.63, 3.8) is 0 Å². The van der Waals surface area contributed by atoms with E-state index in [1.807, 2.05) is 53.9 Å². The molecule has 2 heterocycles. The van der Waals surface area contributed by atoms with E-state index in [0.717, 1.165) is 22.5 Å². The monoisotopic (exact) mass is 406 g/mol. The van der Waals surface area contributed by atoms with E-state index >= 15 is 0 Å². The Morgan fingerprint density at radius 1 is 1.00 bits per heavy atom. The fourth-order valence-corrected chi connectivity index (χ4v) is 3.15. The fourth-order valence-electron chi connectivity index (χ4n) is 3.02. The maximum absolute atomic E-state index is 12.7. The number of hydrogen-bond donors (Lipinski definition) is 2. The van der Waals surface area contributed by atoms with Gasteiger partial charge < -0.3 is 10.1 Å². The lowest BCUT2D eigenvalue weighted by atomic mass is 10.1. The van der Waals surface area contributed by atoms with Crippen LogP contribution in [0.2, 0.25) is 5.02 Å². The molecule has 0 saturated heterocycles. The van der Waals surface area contributed by atoms with Gasteiger partial charge in [0.2, 0.25) is 0 Å². The average Bonchev–Trinajstić information content (AvgIpc) is 3.07. The Bertz CT molecular complexity index is 1170. The number of ether oxygens (including phenoxy) is 1. The zero-order valence-corrected chi connectivity index (χ0v) is 16.7. The number of anilines is 2. The molecular formula is C22H19ClN4O2. The summed E-state index contributed by atoms with van der Waals surface area (Å²) in [5, 5.41) is 6.36. The van der Waals surface area contributed by atoms with Crippen molar-refractivity contribution in [1.82, 2.24) is 9.38 Å². The predicted molar refractivity (Wildman–Crippen MR) is 116 cm³/mol. The van der Waals surface area contributed by atoms with Gasteiger partial charge in [-0.05, 0) is 67.1 Å². The van der Waals surface area contributed by atoms with Crippen LogP contribution in [0, 0.1) is 6.92 Å². The highest BCUT2D eigenvalue weighted by Crippen LogP contribution is 2.30. The first-order valence-electron chi connectivity index (χ1n) is 9.00. The van der Waals surface area contributed by atoms with Crippen LogP contribution in [0.3, 0.4) is 0 Å². The van der Waals surface area contributed by atoms with E-state index in [2.05, 4.69) is 10.6 Å². The number of nitrogens with one attached hydrogen (secondary N) is 2. The number of amides is 2. The number of benzene rings is 2. The lowest BCUT2D eigenvalue weighted by molar-refractivity contribution is 0.262. The molecule has 0 bridgehead atoms. The summed E-state index contributed by atoms with van der Waals surface area (Å²) in [5.41, 5.74) is 3.97. The van der Waals surface area contributed by atoms with Gasteiger partial charge in [-0.15, -0.1) is 0 Å². The molecule has 0 atom stereocenters. The van der Waals surface area contributed by atoms with Gasteiger partial charge in [0.05, 0.1) is 7.11 Å². The summed E-state index contributed by atoms with van der Waals surface area (Å²) in [6, 6.07) is 18.0. The molecule has 146 valence electrons. The lowest BCUT2D eigenvalue weighted by Gasteiger charge is -2.10. The summed E-state index contributed by atoms with van der Waals surface area (Å²) in [4.78, 5) is 17.4. The number of fused-ring (bicyclic) bond motifs is 1. The minimum atomic E-state index is -0.370. The quantitative estimate of drug-likeness (QED) is 0.462. The molecule has 2 aromatic heterocycles.